The van der Waals surface area contributed by atoms with Crippen molar-refractivity contribution in [2.45, 2.75) is 25.8 Å². The van der Waals surface area contributed by atoms with Crippen molar-refractivity contribution >= 4 is 23.6 Å². The van der Waals surface area contributed by atoms with Crippen LogP contribution in [0.3, 0.4) is 0 Å². The molecule has 0 aliphatic carbocycles. The number of hydrogen-bond acceptors (Lipinski definition) is 1. The number of benzene rings is 3. The Balaban J connectivity index is 0.00000243. The van der Waals surface area contributed by atoms with E-state index in [9.17, 15) is 0 Å². The average molecular weight is 451 g/mol. The van der Waals surface area contributed by atoms with Crippen LogP contribution in [0.2, 0.25) is 5.04 Å². The third kappa shape index (κ3) is 3.45. The molecule has 0 bridgehead atoms. The molecule has 0 radical (unpaired) electrons. The first-order valence-corrected chi connectivity index (χ1v) is 10.6. The molecule has 1 atom stereocenters. The van der Waals surface area contributed by atoms with Gasteiger partial charge in [-0.2, -0.15) is 53.7 Å². The van der Waals surface area contributed by atoms with Gasteiger partial charge in [-0.1, -0.05) is 56.3 Å². The van der Waals surface area contributed by atoms with Crippen molar-refractivity contribution in [1.29, 1.82) is 0 Å². The molecule has 0 aliphatic heterocycles. The van der Waals surface area contributed by atoms with Gasteiger partial charge in [0.15, 0.2) is 0 Å². The summed E-state index contributed by atoms with van der Waals surface area (Å²) in [5, 5.41) is 3.80. The van der Waals surface area contributed by atoms with Crippen LogP contribution in [-0.2, 0) is 20.4 Å². The van der Waals surface area contributed by atoms with Crippen molar-refractivity contribution < 1.29 is 25.2 Å². The van der Waals surface area contributed by atoms with Crippen molar-refractivity contribution in [3.8, 4) is 5.75 Å². The van der Waals surface area contributed by atoms with E-state index in [4.69, 9.17) is 4.74 Å². The summed E-state index contributed by atoms with van der Waals surface area (Å²) in [7, 11) is -0.683. The second-order valence-electron chi connectivity index (χ2n) is 7.26. The summed E-state index contributed by atoms with van der Waals surface area (Å²) in [6, 6.07) is 32.3. The molecular formula is C23H24OPdSi. The van der Waals surface area contributed by atoms with E-state index in [1.54, 1.807) is 7.11 Å². The first kappa shape index (κ1) is 20.6. The Morgan fingerprint density at radius 3 is 2.04 bits per heavy atom. The molecule has 0 saturated carbocycles. The third-order valence-corrected chi connectivity index (χ3v) is 10.6. The molecule has 3 aromatic carbocycles. The number of hydrogen-bond donors (Lipinski definition) is 0. The van der Waals surface area contributed by atoms with Gasteiger partial charge in [0.2, 0.25) is 0 Å². The quantitative estimate of drug-likeness (QED) is 0.335. The minimum atomic E-state index is -2.43. The Kier molecular flexibility index (Phi) is 6.63. The van der Waals surface area contributed by atoms with Crippen LogP contribution in [0, 0.1) is 12.1 Å². The average Bonchev–Trinajstić information content (AvgIpc) is 2.63. The SMILES string of the molecule is COc1ccc[c-]c1[Si@](c1[c-]cccc1)(c1ccccc1)C(C)(C)C.[Pd+2]. The van der Waals surface area contributed by atoms with Crippen molar-refractivity contribution in [1.82, 2.24) is 0 Å². The van der Waals surface area contributed by atoms with E-state index in [2.05, 4.69) is 75.4 Å². The zero-order valence-electron chi connectivity index (χ0n) is 15.7. The van der Waals surface area contributed by atoms with Crippen molar-refractivity contribution in [3.63, 3.8) is 0 Å². The fourth-order valence-electron chi connectivity index (χ4n) is 3.85. The van der Waals surface area contributed by atoms with Crippen molar-refractivity contribution in [3.05, 3.63) is 84.9 Å². The van der Waals surface area contributed by atoms with Crippen molar-refractivity contribution in [2.24, 2.45) is 0 Å². The Bertz CT molecular complexity index is 786. The molecule has 0 fully saturated rings. The predicted octanol–water partition coefficient (Wildman–Crippen LogP) is 3.56. The summed E-state index contributed by atoms with van der Waals surface area (Å²) in [5.74, 6) is 0.908. The van der Waals surface area contributed by atoms with Crippen LogP contribution in [0.15, 0.2) is 72.8 Å². The summed E-state index contributed by atoms with van der Waals surface area (Å²) < 4.78 is 5.78. The van der Waals surface area contributed by atoms with E-state index in [-0.39, 0.29) is 25.5 Å². The van der Waals surface area contributed by atoms with E-state index in [1.165, 1.54) is 15.6 Å². The van der Waals surface area contributed by atoms with Crippen LogP contribution in [-0.4, -0.2) is 15.2 Å². The second-order valence-corrected chi connectivity index (χ2v) is 11.9. The van der Waals surface area contributed by atoms with Crippen LogP contribution in [0.4, 0.5) is 0 Å². The molecule has 0 amide bonds. The zero-order valence-corrected chi connectivity index (χ0v) is 18.2. The molecule has 0 unspecified atom stereocenters. The maximum absolute atomic E-state index is 5.78. The van der Waals surface area contributed by atoms with Gasteiger partial charge in [0.25, 0.3) is 0 Å². The fraction of sp³-hybridized carbons (Fsp3) is 0.217. The van der Waals surface area contributed by atoms with E-state index in [0.717, 1.165) is 5.75 Å². The Hall–Kier alpha value is -1.66. The fourth-order valence-corrected chi connectivity index (χ4v) is 9.33. The molecule has 0 spiro atoms. The molecule has 26 heavy (non-hydrogen) atoms. The molecule has 3 rings (SSSR count). The van der Waals surface area contributed by atoms with Crippen LogP contribution in [0.5, 0.6) is 5.75 Å². The van der Waals surface area contributed by atoms with Gasteiger partial charge in [0.1, 0.15) is 8.07 Å². The summed E-state index contributed by atoms with van der Waals surface area (Å²) >= 11 is 0. The smallest absolute Gasteiger partial charge is 0.554 e. The van der Waals surface area contributed by atoms with Gasteiger partial charge in [-0.05, 0) is 5.04 Å². The summed E-state index contributed by atoms with van der Waals surface area (Å²) in [6.07, 6.45) is 0. The normalized spacial score (nSPS) is 13.4. The van der Waals surface area contributed by atoms with Gasteiger partial charge < -0.3 is 4.74 Å². The van der Waals surface area contributed by atoms with Gasteiger partial charge in [0.05, 0.1) is 7.11 Å². The van der Waals surface area contributed by atoms with Gasteiger partial charge in [-0.3, -0.25) is 0 Å². The zero-order chi connectivity index (χ0) is 17.9. The van der Waals surface area contributed by atoms with Gasteiger partial charge in [-0.15, -0.1) is 11.3 Å². The molecule has 3 heteroatoms. The molecule has 3 aromatic rings. The van der Waals surface area contributed by atoms with E-state index >= 15 is 0 Å². The number of methoxy groups -OCH3 is 1. The molecule has 136 valence electrons. The minimum absolute atomic E-state index is 0. The van der Waals surface area contributed by atoms with Gasteiger partial charge in [0, 0.05) is 5.75 Å². The Morgan fingerprint density at radius 2 is 1.46 bits per heavy atom. The van der Waals surface area contributed by atoms with E-state index in [1.807, 2.05) is 30.3 Å². The number of ether oxygens (including phenoxy) is 1. The standard InChI is InChI=1S/C23H24OSi.Pd/c1-23(2,3)25(19-13-7-5-8-14-19,20-15-9-6-10-16-20)22-18-12-11-17-21(22)24-4;/h5-15,17H,1-4H3;/q-2;+2/t25-;/m1./s1. The molecule has 0 aromatic heterocycles. The molecule has 0 aliphatic rings. The predicted molar refractivity (Wildman–Crippen MR) is 108 cm³/mol. The maximum atomic E-state index is 5.78. The van der Waals surface area contributed by atoms with Crippen molar-refractivity contribution in [2.75, 3.05) is 7.11 Å². The second kappa shape index (κ2) is 8.35. The number of rotatable bonds is 4. The van der Waals surface area contributed by atoms with Crippen LogP contribution < -0.4 is 20.3 Å². The molecule has 1 nitrogen and oxygen atoms in total. The van der Waals surface area contributed by atoms with E-state index < -0.39 is 8.07 Å². The third-order valence-electron chi connectivity index (χ3n) is 4.86. The molecule has 0 saturated heterocycles. The minimum Gasteiger partial charge on any atom is -0.554 e. The monoisotopic (exact) mass is 450 g/mol. The summed E-state index contributed by atoms with van der Waals surface area (Å²) in [6.45, 7) is 6.98. The van der Waals surface area contributed by atoms with Gasteiger partial charge >= 0.3 is 20.4 Å². The van der Waals surface area contributed by atoms with Crippen LogP contribution >= 0.6 is 0 Å². The molecular weight excluding hydrogens is 427 g/mol. The molecule has 0 heterocycles. The Labute approximate surface area is 172 Å². The van der Waals surface area contributed by atoms with Crippen LogP contribution in [0.1, 0.15) is 20.8 Å². The topological polar surface area (TPSA) is 9.23 Å². The van der Waals surface area contributed by atoms with Crippen LogP contribution in [0.25, 0.3) is 0 Å². The Morgan fingerprint density at radius 1 is 0.808 bits per heavy atom. The largest absolute Gasteiger partial charge is 2.00 e. The summed E-state index contributed by atoms with van der Waals surface area (Å²) in [4.78, 5) is 0. The first-order chi connectivity index (χ1) is 12.0. The summed E-state index contributed by atoms with van der Waals surface area (Å²) in [5.41, 5.74) is 0. The maximum Gasteiger partial charge on any atom is 2.00 e. The van der Waals surface area contributed by atoms with E-state index in [0.29, 0.717) is 0 Å². The molecule has 0 N–H and O–H groups in total. The first-order valence-electron chi connectivity index (χ1n) is 8.59. The van der Waals surface area contributed by atoms with Gasteiger partial charge in [-0.25, -0.2) is 0 Å².